The maximum Gasteiger partial charge on any atom is 0.275 e. The molecule has 2 aromatic heterocycles. The van der Waals surface area contributed by atoms with E-state index in [9.17, 15) is 4.79 Å². The highest BCUT2D eigenvalue weighted by molar-refractivity contribution is 7.20. The molecule has 7 heteroatoms. The lowest BCUT2D eigenvalue weighted by molar-refractivity contribution is 0.115. The van der Waals surface area contributed by atoms with Gasteiger partial charge in [0, 0.05) is 24.3 Å². The summed E-state index contributed by atoms with van der Waals surface area (Å²) in [6, 6.07) is 2.00. The van der Waals surface area contributed by atoms with Crippen LogP contribution in [-0.2, 0) is 0 Å². The minimum Gasteiger partial charge on any atom is -0.358 e. The lowest BCUT2D eigenvalue weighted by atomic mass is 9.94. The second-order valence-electron chi connectivity index (χ2n) is 7.25. The van der Waals surface area contributed by atoms with Crippen molar-refractivity contribution >= 4 is 21.4 Å². The summed E-state index contributed by atoms with van der Waals surface area (Å²) >= 11 is 1.44. The van der Waals surface area contributed by atoms with E-state index in [2.05, 4.69) is 41.1 Å². The van der Waals surface area contributed by atoms with Crippen LogP contribution >= 0.6 is 11.3 Å². The van der Waals surface area contributed by atoms with Crippen molar-refractivity contribution in [2.45, 2.75) is 46.6 Å². The van der Waals surface area contributed by atoms with E-state index in [1.165, 1.54) is 47.8 Å². The van der Waals surface area contributed by atoms with Gasteiger partial charge in [0.15, 0.2) is 0 Å². The van der Waals surface area contributed by atoms with Crippen LogP contribution in [0.4, 0.5) is 5.13 Å². The molecule has 1 fully saturated rings. The minimum absolute atomic E-state index is 0.118. The van der Waals surface area contributed by atoms with Crippen LogP contribution in [0.3, 0.4) is 0 Å². The van der Waals surface area contributed by atoms with Gasteiger partial charge >= 0.3 is 0 Å². The number of hydrogen-bond acceptors (Lipinski definition) is 6. The van der Waals surface area contributed by atoms with Gasteiger partial charge < -0.3 is 5.32 Å². The predicted molar refractivity (Wildman–Crippen MR) is 99.0 cm³/mol. The molecule has 1 aliphatic heterocycles. The van der Waals surface area contributed by atoms with Crippen molar-refractivity contribution < 1.29 is 0 Å². The van der Waals surface area contributed by atoms with Gasteiger partial charge in [-0.15, -0.1) is 5.10 Å². The molecule has 3 heterocycles. The molecular weight excluding hydrogens is 322 g/mol. The fourth-order valence-corrected chi connectivity index (χ4v) is 4.19. The lowest BCUT2D eigenvalue weighted by Gasteiger charge is -2.38. The predicted octanol–water partition coefficient (Wildman–Crippen LogP) is 2.63. The van der Waals surface area contributed by atoms with Gasteiger partial charge in [-0.3, -0.25) is 9.69 Å². The highest BCUT2D eigenvalue weighted by Crippen LogP contribution is 2.23. The van der Waals surface area contributed by atoms with E-state index < -0.39 is 0 Å². The van der Waals surface area contributed by atoms with Crippen molar-refractivity contribution in [1.82, 2.24) is 19.5 Å². The van der Waals surface area contributed by atoms with Crippen molar-refractivity contribution in [3.05, 3.63) is 22.1 Å². The maximum absolute atomic E-state index is 12.0. The Morgan fingerprint density at radius 1 is 1.38 bits per heavy atom. The van der Waals surface area contributed by atoms with Gasteiger partial charge in [-0.1, -0.05) is 32.1 Å². The topological polar surface area (TPSA) is 62.5 Å². The number of piperidine rings is 1. The number of hydrogen-bond donors (Lipinski definition) is 1. The zero-order valence-corrected chi connectivity index (χ0v) is 15.8. The van der Waals surface area contributed by atoms with Crippen LogP contribution in [0.15, 0.2) is 10.9 Å². The van der Waals surface area contributed by atoms with Crippen molar-refractivity contribution in [1.29, 1.82) is 0 Å². The number of anilines is 1. The zero-order chi connectivity index (χ0) is 17.3. The van der Waals surface area contributed by atoms with Gasteiger partial charge in [0.25, 0.3) is 5.56 Å². The van der Waals surface area contributed by atoms with Crippen LogP contribution in [0.1, 0.15) is 39.3 Å². The first-order chi connectivity index (χ1) is 11.4. The molecule has 1 saturated heterocycles. The SMILES string of the molecule is Cc1cc(=O)n2nc(NCC(C(C)C)N3CCC(C)CC3)sc2n1. The molecule has 3 rings (SSSR count). The van der Waals surface area contributed by atoms with Crippen molar-refractivity contribution in [3.63, 3.8) is 0 Å². The normalized spacial score (nSPS) is 18.4. The third-order valence-electron chi connectivity index (χ3n) is 4.89. The molecule has 0 bridgehead atoms. The summed E-state index contributed by atoms with van der Waals surface area (Å²) in [5, 5.41) is 8.57. The molecule has 24 heavy (non-hydrogen) atoms. The van der Waals surface area contributed by atoms with Crippen molar-refractivity contribution in [2.24, 2.45) is 11.8 Å². The Balaban J connectivity index is 1.70. The first-order valence-electron chi connectivity index (χ1n) is 8.79. The maximum atomic E-state index is 12.0. The van der Waals surface area contributed by atoms with Gasteiger partial charge in [0.2, 0.25) is 10.1 Å². The van der Waals surface area contributed by atoms with E-state index in [-0.39, 0.29) is 5.56 Å². The number of aromatic nitrogens is 3. The Morgan fingerprint density at radius 3 is 2.75 bits per heavy atom. The third-order valence-corrected chi connectivity index (χ3v) is 5.76. The van der Waals surface area contributed by atoms with Crippen LogP contribution in [0, 0.1) is 18.8 Å². The third kappa shape index (κ3) is 3.78. The molecule has 0 radical (unpaired) electrons. The first kappa shape index (κ1) is 17.4. The molecular formula is C17H27N5OS. The Hall–Kier alpha value is -1.47. The van der Waals surface area contributed by atoms with Crippen LogP contribution in [-0.4, -0.2) is 45.2 Å². The Morgan fingerprint density at radius 2 is 2.08 bits per heavy atom. The molecule has 132 valence electrons. The van der Waals surface area contributed by atoms with E-state index in [1.807, 2.05) is 6.92 Å². The molecule has 0 spiro atoms. The summed E-state index contributed by atoms with van der Waals surface area (Å²) in [4.78, 5) is 19.6. The molecule has 1 aliphatic rings. The molecule has 0 aliphatic carbocycles. The monoisotopic (exact) mass is 349 g/mol. The fourth-order valence-electron chi connectivity index (χ4n) is 3.33. The zero-order valence-electron chi connectivity index (χ0n) is 15.0. The lowest BCUT2D eigenvalue weighted by Crippen LogP contribution is -2.47. The van der Waals surface area contributed by atoms with Crippen LogP contribution in [0.25, 0.3) is 4.96 Å². The van der Waals surface area contributed by atoms with Crippen LogP contribution in [0.5, 0.6) is 0 Å². The minimum atomic E-state index is -0.118. The molecule has 2 aromatic rings. The van der Waals surface area contributed by atoms with E-state index in [0.29, 0.717) is 16.9 Å². The smallest absolute Gasteiger partial charge is 0.275 e. The first-order valence-corrected chi connectivity index (χ1v) is 9.61. The number of nitrogens with zero attached hydrogens (tertiary/aromatic N) is 4. The summed E-state index contributed by atoms with van der Waals surface area (Å²) in [5.41, 5.74) is 0.616. The Kier molecular flexibility index (Phi) is 5.20. The Bertz CT molecular complexity index is 745. The highest BCUT2D eigenvalue weighted by Gasteiger charge is 2.25. The van der Waals surface area contributed by atoms with E-state index in [1.54, 1.807) is 0 Å². The number of rotatable bonds is 5. The largest absolute Gasteiger partial charge is 0.358 e. The second kappa shape index (κ2) is 7.19. The summed E-state index contributed by atoms with van der Waals surface area (Å²) < 4.78 is 1.38. The van der Waals surface area contributed by atoms with Gasteiger partial charge in [-0.2, -0.15) is 4.52 Å². The van der Waals surface area contributed by atoms with Gasteiger partial charge in [0.05, 0.1) is 0 Å². The van der Waals surface area contributed by atoms with Crippen LogP contribution < -0.4 is 10.9 Å². The molecule has 6 nitrogen and oxygen atoms in total. The fraction of sp³-hybridized carbons (Fsp3) is 0.706. The van der Waals surface area contributed by atoms with E-state index in [0.717, 1.165) is 23.3 Å². The van der Waals surface area contributed by atoms with E-state index >= 15 is 0 Å². The Labute approximate surface area is 146 Å². The van der Waals surface area contributed by atoms with Gasteiger partial charge in [0.1, 0.15) is 0 Å². The number of nitrogens with one attached hydrogen (secondary N) is 1. The molecule has 0 saturated carbocycles. The average molecular weight is 350 g/mol. The molecule has 1 unspecified atom stereocenters. The highest BCUT2D eigenvalue weighted by atomic mass is 32.1. The van der Waals surface area contributed by atoms with E-state index in [4.69, 9.17) is 0 Å². The number of aryl methyl sites for hydroxylation is 1. The van der Waals surface area contributed by atoms with Crippen molar-refractivity contribution in [2.75, 3.05) is 25.0 Å². The summed E-state index contributed by atoms with van der Waals surface area (Å²) in [6.45, 7) is 11.9. The second-order valence-corrected chi connectivity index (χ2v) is 8.20. The van der Waals surface area contributed by atoms with Gasteiger partial charge in [-0.25, -0.2) is 4.98 Å². The summed E-state index contributed by atoms with van der Waals surface area (Å²) in [5.74, 6) is 1.41. The molecule has 1 N–H and O–H groups in total. The molecule has 1 atom stereocenters. The molecule has 0 aromatic carbocycles. The summed E-state index contributed by atoms with van der Waals surface area (Å²) in [6.07, 6.45) is 2.56. The van der Waals surface area contributed by atoms with Gasteiger partial charge in [-0.05, 0) is 44.7 Å². The average Bonchev–Trinajstić information content (AvgIpc) is 2.92. The van der Waals surface area contributed by atoms with Crippen LogP contribution in [0.2, 0.25) is 0 Å². The number of likely N-dealkylation sites (tertiary alicyclic amines) is 1. The molecule has 0 amide bonds. The quantitative estimate of drug-likeness (QED) is 0.899. The summed E-state index contributed by atoms with van der Waals surface area (Å²) in [7, 11) is 0. The standard InChI is InChI=1S/C17H27N5OS/c1-11(2)14(21-7-5-12(3)6-8-21)10-18-16-20-22-15(23)9-13(4)19-17(22)24-16/h9,11-12,14H,5-8,10H2,1-4H3,(H,18,20). The van der Waals surface area contributed by atoms with Crippen molar-refractivity contribution in [3.8, 4) is 0 Å². The number of fused-ring (bicyclic) bond motifs is 1.